The van der Waals surface area contributed by atoms with E-state index in [0.29, 0.717) is 24.7 Å². The summed E-state index contributed by atoms with van der Waals surface area (Å²) in [6, 6.07) is 21.5. The predicted octanol–water partition coefficient (Wildman–Crippen LogP) is 11.2. The summed E-state index contributed by atoms with van der Waals surface area (Å²) in [6.07, 6.45) is 12.4. The number of hydrogen-bond acceptors (Lipinski definition) is 4. The highest BCUT2D eigenvalue weighted by Gasteiger charge is 2.47. The number of halogens is 5. The topological polar surface area (TPSA) is 63.6 Å². The first-order chi connectivity index (χ1) is 23.8. The number of fused-ring (bicyclic) bond motifs is 6. The molecule has 2 atom stereocenters. The van der Waals surface area contributed by atoms with Gasteiger partial charge in [-0.3, -0.25) is 9.59 Å². The van der Waals surface area contributed by atoms with Crippen molar-refractivity contribution in [3.8, 4) is 0 Å². The van der Waals surface area contributed by atoms with Crippen LogP contribution in [-0.4, -0.2) is 87.4 Å². The van der Waals surface area contributed by atoms with Crippen LogP contribution in [0.3, 0.4) is 0 Å². The first-order valence-electron chi connectivity index (χ1n) is 18.7. The third-order valence-electron chi connectivity index (χ3n) is 11.1. The Bertz CT molecular complexity index is 1250. The highest BCUT2D eigenvalue weighted by atomic mass is 79.9. The lowest BCUT2D eigenvalue weighted by Crippen LogP contribution is -2.63. The summed E-state index contributed by atoms with van der Waals surface area (Å²) in [7, 11) is 0. The van der Waals surface area contributed by atoms with Crippen LogP contribution >= 0.6 is 77.4 Å². The molecule has 2 aromatic carbocycles. The molecule has 0 saturated carbocycles. The minimum atomic E-state index is -0.218. The van der Waals surface area contributed by atoms with E-state index < -0.39 is 0 Å². The molecule has 6 fully saturated rings. The molecule has 6 nitrogen and oxygen atoms in total. The minimum absolute atomic E-state index is 0. The van der Waals surface area contributed by atoms with Gasteiger partial charge < -0.3 is 18.8 Å². The molecule has 6 saturated heterocycles. The molecule has 0 spiro atoms. The van der Waals surface area contributed by atoms with E-state index in [4.69, 9.17) is 16.3 Å². The lowest BCUT2D eigenvalue weighted by molar-refractivity contribution is -0.958. The van der Waals surface area contributed by atoms with E-state index in [1.54, 1.807) is 0 Å². The quantitative estimate of drug-likeness (QED) is 0.0635. The van der Waals surface area contributed by atoms with Crippen molar-refractivity contribution in [2.75, 3.05) is 49.9 Å². The third kappa shape index (κ3) is 18.2. The third-order valence-corrected chi connectivity index (χ3v) is 12.4. The Hall–Kier alpha value is -0.330. The maximum atomic E-state index is 12.2. The van der Waals surface area contributed by atoms with E-state index in [0.717, 1.165) is 84.3 Å². The molecule has 2 aromatic rings. The van der Waals surface area contributed by atoms with E-state index in [-0.39, 0.29) is 72.2 Å². The standard InChI is InChI=1S/C20H29BrNO2.C14H20NO.C6H10BrClO.2CH4.2BrH/c21-12-6-2-5-9-20(23)24-19-16-22(13-10-18(19)11-14-22)15-17-7-3-1-4-8-17;16-14-11-15(8-6-13(14)7-9-15)10-12-4-2-1-3-5-12;7-5-3-1-2-4-6(8)9;;;;/h1,3-4,7-8,18-19H,2,5-6,9-16H2;1-5,13-14,16H,6-11H2;1-5H2;2*1H4;2*1H/q2*+1;;;;;/t18?,19-,22?;13?,14-,15?;;;;;/m00...../s1. The molecular formula is C42H69Br4ClN2O4+2. The molecule has 0 aromatic heterocycles. The number of rotatable bonds is 15. The van der Waals surface area contributed by atoms with Crippen molar-refractivity contribution >= 4 is 88.6 Å². The van der Waals surface area contributed by atoms with E-state index >= 15 is 0 Å². The molecule has 0 aliphatic carbocycles. The number of carbonyl (C=O) groups excluding carboxylic acids is 2. The van der Waals surface area contributed by atoms with Crippen LogP contribution in [0.25, 0.3) is 0 Å². The lowest BCUT2D eigenvalue weighted by atomic mass is 9.83. The molecule has 53 heavy (non-hydrogen) atoms. The maximum absolute atomic E-state index is 12.2. The van der Waals surface area contributed by atoms with Gasteiger partial charge >= 0.3 is 5.97 Å². The number of aliphatic hydroxyl groups excluding tert-OH is 1. The fourth-order valence-corrected chi connectivity index (χ4v) is 9.22. The van der Waals surface area contributed by atoms with Gasteiger partial charge in [0.15, 0.2) is 6.10 Å². The highest BCUT2D eigenvalue weighted by Crippen LogP contribution is 2.37. The fraction of sp³-hybridized carbons (Fsp3) is 0.667. The number of carbonyl (C=O) groups is 2. The van der Waals surface area contributed by atoms with Crippen LogP contribution in [0.15, 0.2) is 60.7 Å². The number of quaternary nitrogens is 2. The zero-order chi connectivity index (χ0) is 35.0. The van der Waals surface area contributed by atoms with Crippen molar-refractivity contribution in [2.24, 2.45) is 11.8 Å². The number of benzene rings is 2. The van der Waals surface area contributed by atoms with Gasteiger partial charge in [-0.05, 0) is 37.3 Å². The van der Waals surface area contributed by atoms with E-state index in [1.165, 1.54) is 63.0 Å². The molecule has 4 bridgehead atoms. The molecule has 0 unspecified atom stereocenters. The van der Waals surface area contributed by atoms with Gasteiger partial charge in [-0.15, -0.1) is 34.0 Å². The first kappa shape index (κ1) is 52.7. The van der Waals surface area contributed by atoms with Crippen molar-refractivity contribution in [3.05, 3.63) is 71.8 Å². The van der Waals surface area contributed by atoms with E-state index in [9.17, 15) is 14.7 Å². The van der Waals surface area contributed by atoms with Gasteiger partial charge in [0.1, 0.15) is 32.3 Å². The molecule has 6 aliphatic rings. The summed E-state index contributed by atoms with van der Waals surface area (Å²) in [6.45, 7) is 9.15. The Labute approximate surface area is 365 Å². The van der Waals surface area contributed by atoms with Crippen LogP contribution in [0.1, 0.15) is 103 Å². The van der Waals surface area contributed by atoms with Crippen molar-refractivity contribution < 1.29 is 28.4 Å². The largest absolute Gasteiger partial charge is 0.456 e. The van der Waals surface area contributed by atoms with Crippen LogP contribution < -0.4 is 0 Å². The minimum Gasteiger partial charge on any atom is -0.456 e. The van der Waals surface area contributed by atoms with Gasteiger partial charge in [0.2, 0.25) is 5.24 Å². The number of alkyl halides is 2. The number of unbranched alkanes of at least 4 members (excludes halogenated alkanes) is 4. The summed E-state index contributed by atoms with van der Waals surface area (Å²) in [5, 5.41) is 11.8. The van der Waals surface area contributed by atoms with E-state index in [1.807, 2.05) is 0 Å². The molecule has 304 valence electrons. The summed E-state index contributed by atoms with van der Waals surface area (Å²) >= 11 is 11.8. The Morgan fingerprint density at radius 2 is 1.09 bits per heavy atom. The number of hydrogen-bond donors (Lipinski definition) is 1. The lowest BCUT2D eigenvalue weighted by Gasteiger charge is -2.52. The van der Waals surface area contributed by atoms with E-state index in [2.05, 4.69) is 92.5 Å². The number of ether oxygens (including phenoxy) is 1. The summed E-state index contributed by atoms with van der Waals surface area (Å²) < 4.78 is 8.11. The second-order valence-electron chi connectivity index (χ2n) is 14.9. The average molecular weight is 1020 g/mol. The van der Waals surface area contributed by atoms with Crippen LogP contribution in [0, 0.1) is 11.8 Å². The molecule has 8 rings (SSSR count). The van der Waals surface area contributed by atoms with Crippen molar-refractivity contribution in [1.82, 2.24) is 0 Å². The average Bonchev–Trinajstić information content (AvgIpc) is 3.10. The van der Waals surface area contributed by atoms with Crippen molar-refractivity contribution in [3.63, 3.8) is 0 Å². The Balaban J connectivity index is 0.000000814. The molecule has 6 heterocycles. The Morgan fingerprint density at radius 1 is 0.660 bits per heavy atom. The van der Waals surface area contributed by atoms with Gasteiger partial charge in [0.25, 0.3) is 0 Å². The van der Waals surface area contributed by atoms with Crippen LogP contribution in [0.4, 0.5) is 0 Å². The number of nitrogens with zero attached hydrogens (tertiary/aromatic N) is 2. The zero-order valence-electron chi connectivity index (χ0n) is 30.2. The second kappa shape index (κ2) is 28.1. The zero-order valence-corrected chi connectivity index (χ0v) is 37.5. The smallest absolute Gasteiger partial charge is 0.306 e. The normalized spacial score (nSPS) is 26.0. The molecule has 0 radical (unpaired) electrons. The van der Waals surface area contributed by atoms with Gasteiger partial charge in [-0.25, -0.2) is 0 Å². The van der Waals surface area contributed by atoms with Gasteiger partial charge in [0, 0.05) is 72.1 Å². The molecule has 6 aliphatic heterocycles. The highest BCUT2D eigenvalue weighted by molar-refractivity contribution is 9.09. The van der Waals surface area contributed by atoms with Gasteiger partial charge in [-0.1, -0.05) is 120 Å². The monoisotopic (exact) mass is 1020 g/mol. The molecule has 1 N–H and O–H groups in total. The molecule has 11 heteroatoms. The summed E-state index contributed by atoms with van der Waals surface area (Å²) in [5.74, 6) is 1.20. The summed E-state index contributed by atoms with van der Waals surface area (Å²) in [4.78, 5) is 22.3. The summed E-state index contributed by atoms with van der Waals surface area (Å²) in [5.41, 5.74) is 2.81. The first-order valence-corrected chi connectivity index (χ1v) is 21.3. The fourth-order valence-electron chi connectivity index (χ4n) is 8.29. The van der Waals surface area contributed by atoms with Crippen LogP contribution in [-0.2, 0) is 27.4 Å². The molecular weight excluding hydrogens is 952 g/mol. The van der Waals surface area contributed by atoms with Crippen LogP contribution in [0.5, 0.6) is 0 Å². The number of piperidine rings is 6. The Morgan fingerprint density at radius 3 is 1.53 bits per heavy atom. The maximum Gasteiger partial charge on any atom is 0.306 e. The predicted molar refractivity (Wildman–Crippen MR) is 241 cm³/mol. The van der Waals surface area contributed by atoms with Crippen LogP contribution in [0.2, 0.25) is 0 Å². The van der Waals surface area contributed by atoms with Gasteiger partial charge in [0.05, 0.1) is 26.2 Å². The van der Waals surface area contributed by atoms with Crippen molar-refractivity contribution in [2.45, 2.75) is 117 Å². The second-order valence-corrected chi connectivity index (χ2v) is 16.9. The molecule has 0 amide bonds. The SMILES string of the molecule is Br.Br.C.C.O=C(CCCCCBr)O[C@H]1C[N+]2(Cc3ccccc3)CCC1CC2.O=C(Cl)CCCCCBr.O[C@H]1C[N+]2(Cc3ccccc3)CCC1CC2. The van der Waals surface area contributed by atoms with Crippen molar-refractivity contribution in [1.29, 1.82) is 0 Å². The van der Waals surface area contributed by atoms with Gasteiger partial charge in [-0.2, -0.15) is 0 Å². The Kier molecular flexibility index (Phi) is 28.0. The number of esters is 1. The number of aliphatic hydroxyl groups is 1.